The van der Waals surface area contributed by atoms with Gasteiger partial charge in [-0.1, -0.05) is 33.8 Å². The third-order valence-corrected chi connectivity index (χ3v) is 5.58. The van der Waals surface area contributed by atoms with Crippen molar-refractivity contribution in [3.05, 3.63) is 53.2 Å². The fourth-order valence-corrected chi connectivity index (χ4v) is 4.11. The van der Waals surface area contributed by atoms with Crippen LogP contribution >= 0.6 is 0 Å². The lowest BCUT2D eigenvalue weighted by atomic mass is 9.61. The van der Waals surface area contributed by atoms with Crippen molar-refractivity contribution in [3.63, 3.8) is 0 Å². The molecule has 1 heterocycles. The highest BCUT2D eigenvalue weighted by molar-refractivity contribution is 5.66. The first-order valence-corrected chi connectivity index (χ1v) is 8.34. The molecule has 0 aliphatic heterocycles. The Morgan fingerprint density at radius 1 is 0.909 bits per heavy atom. The first-order valence-electron chi connectivity index (χ1n) is 8.34. The molecule has 1 aliphatic carbocycles. The number of nitrogens with zero attached hydrogens (tertiary/aromatic N) is 1. The zero-order valence-electron chi connectivity index (χ0n) is 14.8. The highest BCUT2D eigenvalue weighted by Crippen LogP contribution is 2.48. The van der Waals surface area contributed by atoms with E-state index in [1.807, 2.05) is 0 Å². The van der Waals surface area contributed by atoms with Gasteiger partial charge in [0.1, 0.15) is 7.05 Å². The van der Waals surface area contributed by atoms with Crippen LogP contribution in [0.3, 0.4) is 0 Å². The number of fused-ring (bicyclic) bond motifs is 1. The van der Waals surface area contributed by atoms with E-state index in [9.17, 15) is 0 Å². The van der Waals surface area contributed by atoms with Crippen LogP contribution in [0.2, 0.25) is 0 Å². The standard InChI is InChI=1S/C21H28N/c1-15-16(18-9-7-8-14-22(18)6)10-11-17-19(15)21(4,5)13-12-20(17,2)3/h7-11,14H,12-13H2,1-6H3/q+1. The van der Waals surface area contributed by atoms with Crippen molar-refractivity contribution in [2.24, 2.45) is 7.05 Å². The van der Waals surface area contributed by atoms with Crippen LogP contribution in [0.1, 0.15) is 57.2 Å². The van der Waals surface area contributed by atoms with Crippen LogP contribution in [-0.2, 0) is 17.9 Å². The van der Waals surface area contributed by atoms with Crippen LogP contribution in [0.25, 0.3) is 11.3 Å². The average molecular weight is 294 g/mol. The second kappa shape index (κ2) is 4.94. The Hall–Kier alpha value is -1.63. The second-order valence-electron chi connectivity index (χ2n) is 8.13. The summed E-state index contributed by atoms with van der Waals surface area (Å²) in [5, 5.41) is 0. The van der Waals surface area contributed by atoms with E-state index in [2.05, 4.69) is 82.8 Å². The van der Waals surface area contributed by atoms with Crippen molar-refractivity contribution in [2.45, 2.75) is 58.3 Å². The van der Waals surface area contributed by atoms with Crippen LogP contribution in [-0.4, -0.2) is 0 Å². The molecule has 0 radical (unpaired) electrons. The first-order chi connectivity index (χ1) is 10.2. The fraction of sp³-hybridized carbons (Fsp3) is 0.476. The topological polar surface area (TPSA) is 3.88 Å². The Morgan fingerprint density at radius 2 is 1.59 bits per heavy atom. The van der Waals surface area contributed by atoms with E-state index in [0.717, 1.165) is 0 Å². The molecule has 0 fully saturated rings. The molecular formula is C21H28N+. The molecule has 1 aliphatic rings. The van der Waals surface area contributed by atoms with E-state index in [0.29, 0.717) is 0 Å². The monoisotopic (exact) mass is 294 g/mol. The lowest BCUT2D eigenvalue weighted by Crippen LogP contribution is -2.35. The van der Waals surface area contributed by atoms with Gasteiger partial charge in [0.25, 0.3) is 0 Å². The van der Waals surface area contributed by atoms with Gasteiger partial charge in [-0.15, -0.1) is 0 Å². The van der Waals surface area contributed by atoms with Crippen LogP contribution in [0, 0.1) is 6.92 Å². The Kier molecular flexibility index (Phi) is 3.43. The molecule has 0 bridgehead atoms. The van der Waals surface area contributed by atoms with Crippen LogP contribution in [0.5, 0.6) is 0 Å². The Labute approximate surface area is 135 Å². The maximum absolute atomic E-state index is 2.41. The van der Waals surface area contributed by atoms with Gasteiger partial charge < -0.3 is 0 Å². The summed E-state index contributed by atoms with van der Waals surface area (Å²) in [5.74, 6) is 0. The van der Waals surface area contributed by atoms with E-state index in [1.54, 1.807) is 11.1 Å². The van der Waals surface area contributed by atoms with Gasteiger partial charge in [0.2, 0.25) is 5.69 Å². The summed E-state index contributed by atoms with van der Waals surface area (Å²) in [7, 11) is 2.13. The van der Waals surface area contributed by atoms with E-state index >= 15 is 0 Å². The number of hydrogen-bond donors (Lipinski definition) is 0. The van der Waals surface area contributed by atoms with Crippen LogP contribution in [0.15, 0.2) is 36.5 Å². The second-order valence-corrected chi connectivity index (χ2v) is 8.13. The molecule has 0 saturated carbocycles. The number of hydrogen-bond acceptors (Lipinski definition) is 0. The minimum absolute atomic E-state index is 0.262. The molecule has 3 rings (SSSR count). The summed E-state index contributed by atoms with van der Waals surface area (Å²) < 4.78 is 2.22. The Morgan fingerprint density at radius 3 is 2.27 bits per heavy atom. The predicted octanol–water partition coefficient (Wildman–Crippen LogP) is 4.84. The maximum atomic E-state index is 2.41. The number of aromatic nitrogens is 1. The van der Waals surface area contributed by atoms with Crippen molar-refractivity contribution in [1.82, 2.24) is 0 Å². The van der Waals surface area contributed by atoms with E-state index in [-0.39, 0.29) is 10.8 Å². The summed E-state index contributed by atoms with van der Waals surface area (Å²) >= 11 is 0. The molecule has 1 nitrogen and oxygen atoms in total. The van der Waals surface area contributed by atoms with E-state index in [4.69, 9.17) is 0 Å². The molecule has 0 N–H and O–H groups in total. The van der Waals surface area contributed by atoms with Gasteiger partial charge in [-0.05, 0) is 59.4 Å². The summed E-state index contributed by atoms with van der Waals surface area (Å²) in [6, 6.07) is 11.1. The molecule has 1 heteroatoms. The first kappa shape index (κ1) is 15.3. The van der Waals surface area contributed by atoms with Crippen molar-refractivity contribution < 1.29 is 4.57 Å². The molecule has 1 aromatic carbocycles. The Bertz CT molecular complexity index is 723. The van der Waals surface area contributed by atoms with Crippen LogP contribution in [0.4, 0.5) is 0 Å². The van der Waals surface area contributed by atoms with Crippen molar-refractivity contribution in [1.29, 1.82) is 0 Å². The molecule has 0 amide bonds. The summed E-state index contributed by atoms with van der Waals surface area (Å²) in [6.07, 6.45) is 4.66. The number of rotatable bonds is 1. The number of pyridine rings is 1. The minimum Gasteiger partial charge on any atom is -0.201 e. The Balaban J connectivity index is 2.29. The molecule has 0 spiro atoms. The SMILES string of the molecule is Cc1c(-c2cccc[n+]2C)ccc2c1C(C)(C)CCC2(C)C. The molecule has 1 aromatic heterocycles. The lowest BCUT2D eigenvalue weighted by Gasteiger charge is -2.43. The summed E-state index contributed by atoms with van der Waals surface area (Å²) in [6.45, 7) is 11.9. The maximum Gasteiger partial charge on any atom is 0.212 e. The third-order valence-electron chi connectivity index (χ3n) is 5.58. The predicted molar refractivity (Wildman–Crippen MR) is 93.1 cm³/mol. The molecule has 2 aromatic rings. The highest BCUT2D eigenvalue weighted by Gasteiger charge is 2.38. The van der Waals surface area contributed by atoms with Gasteiger partial charge in [0.15, 0.2) is 6.20 Å². The zero-order chi connectivity index (χ0) is 16.1. The third kappa shape index (κ3) is 2.27. The molecule has 0 unspecified atom stereocenters. The molecule has 22 heavy (non-hydrogen) atoms. The smallest absolute Gasteiger partial charge is 0.201 e. The normalized spacial score (nSPS) is 18.8. The van der Waals surface area contributed by atoms with Crippen molar-refractivity contribution >= 4 is 0 Å². The lowest BCUT2D eigenvalue weighted by molar-refractivity contribution is -0.660. The highest BCUT2D eigenvalue weighted by atomic mass is 14.9. The van der Waals surface area contributed by atoms with Gasteiger partial charge in [-0.25, -0.2) is 4.57 Å². The summed E-state index contributed by atoms with van der Waals surface area (Å²) in [5.41, 5.74) is 7.78. The van der Waals surface area contributed by atoms with E-state index in [1.165, 1.54) is 29.7 Å². The number of benzene rings is 1. The largest absolute Gasteiger partial charge is 0.212 e. The van der Waals surface area contributed by atoms with Gasteiger partial charge in [0, 0.05) is 17.7 Å². The summed E-state index contributed by atoms with van der Waals surface area (Å²) in [4.78, 5) is 0. The fourth-order valence-electron chi connectivity index (χ4n) is 4.11. The minimum atomic E-state index is 0.262. The molecule has 0 atom stereocenters. The molecule has 0 saturated heterocycles. The van der Waals surface area contributed by atoms with Gasteiger partial charge in [0.05, 0.1) is 0 Å². The zero-order valence-corrected chi connectivity index (χ0v) is 14.8. The number of aryl methyl sites for hydroxylation is 1. The molecule has 116 valence electrons. The van der Waals surface area contributed by atoms with Crippen LogP contribution < -0.4 is 4.57 Å². The quantitative estimate of drug-likeness (QED) is 0.663. The van der Waals surface area contributed by atoms with Crippen molar-refractivity contribution in [2.75, 3.05) is 0 Å². The van der Waals surface area contributed by atoms with Gasteiger partial charge >= 0.3 is 0 Å². The van der Waals surface area contributed by atoms with Gasteiger partial charge in [-0.2, -0.15) is 0 Å². The average Bonchev–Trinajstić information content (AvgIpc) is 2.45. The van der Waals surface area contributed by atoms with Crippen molar-refractivity contribution in [3.8, 4) is 11.3 Å². The molecular weight excluding hydrogens is 266 g/mol. The van der Waals surface area contributed by atoms with E-state index < -0.39 is 0 Å². The van der Waals surface area contributed by atoms with Gasteiger partial charge in [-0.3, -0.25) is 0 Å².